The molecule has 0 amide bonds. The molecule has 1 aliphatic rings. The van der Waals surface area contributed by atoms with Gasteiger partial charge in [0.1, 0.15) is 11.8 Å². The minimum Gasteiger partial charge on any atom is -0.382 e. The zero-order valence-electron chi connectivity index (χ0n) is 19.8. The molecule has 0 bridgehead atoms. The Bertz CT molecular complexity index is 1490. The molecule has 1 fully saturated rings. The number of piperidine rings is 1. The van der Waals surface area contributed by atoms with E-state index in [4.69, 9.17) is 11.5 Å². The monoisotopic (exact) mass is 534 g/mol. The first kappa shape index (κ1) is 25.7. The Morgan fingerprint density at radius 3 is 2.61 bits per heavy atom. The van der Waals surface area contributed by atoms with Crippen molar-refractivity contribution in [1.82, 2.24) is 24.5 Å². The predicted octanol–water partition coefficient (Wildman–Crippen LogP) is 3.02. The van der Waals surface area contributed by atoms with E-state index in [0.29, 0.717) is 46.6 Å². The molecule has 1 aliphatic heterocycles. The summed E-state index contributed by atoms with van der Waals surface area (Å²) in [4.78, 5) is 18.4. The quantitative estimate of drug-likeness (QED) is 0.333. The highest BCUT2D eigenvalue weighted by molar-refractivity contribution is 5.81. The van der Waals surface area contributed by atoms with Crippen molar-refractivity contribution >= 4 is 22.7 Å². The molecule has 3 aromatic heterocycles. The molecule has 1 saturated heterocycles. The number of halogens is 5. The largest absolute Gasteiger partial charge is 0.416 e. The zero-order valence-corrected chi connectivity index (χ0v) is 19.8. The summed E-state index contributed by atoms with van der Waals surface area (Å²) in [6.07, 6.45) is -3.11. The molecule has 0 saturated carbocycles. The Kier molecular flexibility index (Phi) is 6.39. The molecule has 9 nitrogen and oxygen atoms in total. The summed E-state index contributed by atoms with van der Waals surface area (Å²) in [7, 11) is 0. The van der Waals surface area contributed by atoms with Crippen molar-refractivity contribution in [2.45, 2.75) is 37.2 Å². The second kappa shape index (κ2) is 9.44. The molecular weight excluding hydrogens is 511 g/mol. The van der Waals surface area contributed by atoms with E-state index in [2.05, 4.69) is 19.9 Å². The van der Waals surface area contributed by atoms with Crippen LogP contribution < -0.4 is 16.4 Å². The molecule has 4 heterocycles. The Balaban J connectivity index is 1.58. The summed E-state index contributed by atoms with van der Waals surface area (Å²) < 4.78 is 69.2. The van der Waals surface area contributed by atoms with Gasteiger partial charge < -0.3 is 26.0 Å². The molecule has 1 aromatic carbocycles. The van der Waals surface area contributed by atoms with Crippen LogP contribution in [0.2, 0.25) is 0 Å². The fraction of sp³-hybridized carbons (Fsp3) is 0.333. The summed E-state index contributed by atoms with van der Waals surface area (Å²) in [5.74, 6) is -1.88. The van der Waals surface area contributed by atoms with Crippen LogP contribution in [0.4, 0.5) is 33.5 Å². The number of benzene rings is 1. The van der Waals surface area contributed by atoms with Crippen LogP contribution in [0.3, 0.4) is 0 Å². The van der Waals surface area contributed by atoms with Crippen molar-refractivity contribution < 1.29 is 27.1 Å². The summed E-state index contributed by atoms with van der Waals surface area (Å²) in [5.41, 5.74) is 12.5. The molecule has 14 heteroatoms. The van der Waals surface area contributed by atoms with Crippen LogP contribution in [0.15, 0.2) is 43.1 Å². The average Bonchev–Trinajstić information content (AvgIpc) is 3.28. The number of nitrogen functional groups attached to an aromatic ring is 1. The highest BCUT2D eigenvalue weighted by Gasteiger charge is 2.52. The molecule has 0 spiro atoms. The van der Waals surface area contributed by atoms with Gasteiger partial charge in [-0.3, -0.25) is 4.98 Å². The van der Waals surface area contributed by atoms with Gasteiger partial charge in [-0.15, -0.1) is 0 Å². The normalized spacial score (nSPS) is 19.2. The first-order chi connectivity index (χ1) is 18.0. The van der Waals surface area contributed by atoms with Crippen LogP contribution in [0, 0.1) is 11.6 Å². The van der Waals surface area contributed by atoms with Crippen molar-refractivity contribution in [1.29, 1.82) is 0 Å². The molecule has 0 radical (unpaired) electrons. The zero-order chi connectivity index (χ0) is 27.2. The second-order valence-electron chi connectivity index (χ2n) is 9.33. The number of fused-ring (bicyclic) bond motifs is 1. The number of alkyl halides is 3. The molecule has 200 valence electrons. The molecule has 5 N–H and O–H groups in total. The first-order valence-electron chi connectivity index (χ1n) is 11.6. The lowest BCUT2D eigenvalue weighted by atomic mass is 9.84. The highest BCUT2D eigenvalue weighted by atomic mass is 19.4. The van der Waals surface area contributed by atoms with Crippen LogP contribution in [0.1, 0.15) is 18.4 Å². The molecule has 2 atom stereocenters. The van der Waals surface area contributed by atoms with E-state index >= 15 is 0 Å². The summed E-state index contributed by atoms with van der Waals surface area (Å²) in [6.45, 7) is 0.215. The lowest BCUT2D eigenvalue weighted by Crippen LogP contribution is -2.65. The van der Waals surface area contributed by atoms with Crippen LogP contribution in [-0.2, 0) is 6.54 Å². The topological polar surface area (TPSA) is 132 Å². The minimum atomic E-state index is -4.88. The van der Waals surface area contributed by atoms with Crippen molar-refractivity contribution in [2.75, 3.05) is 23.7 Å². The van der Waals surface area contributed by atoms with Crippen LogP contribution in [-0.4, -0.2) is 60.5 Å². The van der Waals surface area contributed by atoms with Crippen molar-refractivity contribution in [3.63, 3.8) is 0 Å². The summed E-state index contributed by atoms with van der Waals surface area (Å²) in [5, 5.41) is 10.00. The Hall–Kier alpha value is -3.91. The number of imidazole rings is 1. The SMILES string of the molecule is Nc1ncnc2c1ncn2Cc1cc(-c2ccc(F)c(F)c2)ncc1N1CCC[C@](N)([C@H](O)C(F)(F)F)C1. The number of hydrogen-bond donors (Lipinski definition) is 3. The van der Waals surface area contributed by atoms with Gasteiger partial charge in [0.15, 0.2) is 29.2 Å². The van der Waals surface area contributed by atoms with E-state index in [1.54, 1.807) is 15.5 Å². The fourth-order valence-corrected chi connectivity index (χ4v) is 4.78. The number of nitrogens with two attached hydrogens (primary N) is 2. The van der Waals surface area contributed by atoms with Gasteiger partial charge in [-0.05, 0) is 42.7 Å². The van der Waals surface area contributed by atoms with Gasteiger partial charge in [0, 0.05) is 18.7 Å². The minimum absolute atomic E-state index is 0.0256. The maximum atomic E-state index is 13.9. The van der Waals surface area contributed by atoms with Crippen LogP contribution >= 0.6 is 0 Å². The Morgan fingerprint density at radius 2 is 1.87 bits per heavy atom. The molecule has 4 aromatic rings. The van der Waals surface area contributed by atoms with Gasteiger partial charge in [-0.1, -0.05) is 0 Å². The smallest absolute Gasteiger partial charge is 0.382 e. The van der Waals surface area contributed by atoms with E-state index in [1.807, 2.05) is 0 Å². The van der Waals surface area contributed by atoms with Gasteiger partial charge >= 0.3 is 6.18 Å². The van der Waals surface area contributed by atoms with E-state index in [-0.39, 0.29) is 25.3 Å². The van der Waals surface area contributed by atoms with E-state index in [1.165, 1.54) is 24.9 Å². The number of anilines is 2. The van der Waals surface area contributed by atoms with Crippen molar-refractivity contribution in [3.05, 3.63) is 60.3 Å². The maximum Gasteiger partial charge on any atom is 0.416 e. The second-order valence-corrected chi connectivity index (χ2v) is 9.33. The highest BCUT2D eigenvalue weighted by Crippen LogP contribution is 2.36. The van der Waals surface area contributed by atoms with E-state index < -0.39 is 29.5 Å². The van der Waals surface area contributed by atoms with Gasteiger partial charge in [0.2, 0.25) is 0 Å². The number of aliphatic hydroxyl groups excluding tert-OH is 1. The fourth-order valence-electron chi connectivity index (χ4n) is 4.78. The molecule has 0 aliphatic carbocycles. The van der Waals surface area contributed by atoms with Gasteiger partial charge in [-0.2, -0.15) is 13.2 Å². The van der Waals surface area contributed by atoms with Crippen LogP contribution in [0.25, 0.3) is 22.4 Å². The predicted molar refractivity (Wildman–Crippen MR) is 129 cm³/mol. The maximum absolute atomic E-state index is 13.9. The summed E-state index contributed by atoms with van der Waals surface area (Å²) in [6, 6.07) is 4.99. The Labute approximate surface area is 213 Å². The number of aliphatic hydroxyl groups is 1. The number of aromatic nitrogens is 5. The third kappa shape index (κ3) is 4.72. The molecule has 0 unspecified atom stereocenters. The third-order valence-corrected chi connectivity index (χ3v) is 6.70. The Morgan fingerprint density at radius 1 is 1.08 bits per heavy atom. The van der Waals surface area contributed by atoms with Gasteiger partial charge in [0.25, 0.3) is 0 Å². The average molecular weight is 534 g/mol. The van der Waals surface area contributed by atoms with Crippen molar-refractivity contribution in [3.8, 4) is 11.3 Å². The standard InChI is InChI=1S/C24H23F5N8O/c25-15-3-2-13(6-16(15)26)17-7-14(9-37-12-35-19-20(30)33-11-34-21(19)37)18(8-32-17)36-5-1-4-23(31,10-36)22(38)24(27,28)29/h2-3,6-8,11-12,22,38H,1,4-5,9-10,31H2,(H2,30,33,34)/t22-,23+/m0/s1. The number of pyridine rings is 1. The first-order valence-corrected chi connectivity index (χ1v) is 11.6. The van der Waals surface area contributed by atoms with E-state index in [9.17, 15) is 27.1 Å². The van der Waals surface area contributed by atoms with Crippen molar-refractivity contribution in [2.24, 2.45) is 5.73 Å². The molecule has 38 heavy (non-hydrogen) atoms. The van der Waals surface area contributed by atoms with E-state index in [0.717, 1.165) is 12.1 Å². The van der Waals surface area contributed by atoms with Gasteiger partial charge in [-0.25, -0.2) is 23.7 Å². The molecule has 5 rings (SSSR count). The van der Waals surface area contributed by atoms with Gasteiger partial charge in [0.05, 0.1) is 36.0 Å². The number of rotatable bonds is 5. The molecular formula is C24H23F5N8O. The summed E-state index contributed by atoms with van der Waals surface area (Å²) >= 11 is 0. The number of nitrogens with zero attached hydrogens (tertiary/aromatic N) is 6. The van der Waals surface area contributed by atoms with Crippen LogP contribution in [0.5, 0.6) is 0 Å². The third-order valence-electron chi connectivity index (χ3n) is 6.70. The lowest BCUT2D eigenvalue weighted by molar-refractivity contribution is -0.224. The number of hydrogen-bond acceptors (Lipinski definition) is 8. The lowest BCUT2D eigenvalue weighted by Gasteiger charge is -2.44.